The Balaban J connectivity index is 3.34. The van der Waals surface area contributed by atoms with Crippen LogP contribution in [0.1, 0.15) is 10.5 Å². The summed E-state index contributed by atoms with van der Waals surface area (Å²) in [5.41, 5.74) is 7.87. The molecule has 0 spiro atoms. The highest BCUT2D eigenvalue weighted by molar-refractivity contribution is 9.10. The van der Waals surface area contributed by atoms with Crippen molar-refractivity contribution in [2.75, 3.05) is 0 Å². The first-order valence-electron chi connectivity index (χ1n) is 3.09. The molecular formula is C6H3BrN4O2. The quantitative estimate of drug-likeness (QED) is 0.490. The Morgan fingerprint density at radius 1 is 1.77 bits per heavy atom. The lowest BCUT2D eigenvalue weighted by Crippen LogP contribution is -1.99. The van der Waals surface area contributed by atoms with Crippen molar-refractivity contribution in [1.29, 1.82) is 0 Å². The van der Waals surface area contributed by atoms with Gasteiger partial charge in [0, 0.05) is 15.6 Å². The van der Waals surface area contributed by atoms with Crippen LogP contribution < -0.4 is 0 Å². The van der Waals surface area contributed by atoms with Gasteiger partial charge < -0.3 is 5.11 Å². The van der Waals surface area contributed by atoms with Crippen molar-refractivity contribution in [2.45, 2.75) is 0 Å². The maximum atomic E-state index is 10.5. The predicted molar refractivity (Wildman–Crippen MR) is 47.7 cm³/mol. The molecule has 0 unspecified atom stereocenters. The second-order valence-electron chi connectivity index (χ2n) is 2.02. The Hall–Kier alpha value is -1.59. The molecule has 1 aromatic rings. The van der Waals surface area contributed by atoms with Crippen molar-refractivity contribution >= 4 is 27.6 Å². The number of aromatic carboxylic acids is 1. The molecule has 0 fully saturated rings. The van der Waals surface area contributed by atoms with Gasteiger partial charge in [-0.1, -0.05) is 5.11 Å². The molecule has 13 heavy (non-hydrogen) atoms. The van der Waals surface area contributed by atoms with Gasteiger partial charge in [0.15, 0.2) is 5.69 Å². The Kier molecular flexibility index (Phi) is 2.84. The van der Waals surface area contributed by atoms with E-state index in [4.69, 9.17) is 10.6 Å². The average molecular weight is 243 g/mol. The lowest BCUT2D eigenvalue weighted by atomic mass is 10.3. The zero-order chi connectivity index (χ0) is 9.84. The van der Waals surface area contributed by atoms with E-state index in [0.29, 0.717) is 4.47 Å². The third-order valence-electron chi connectivity index (χ3n) is 1.19. The van der Waals surface area contributed by atoms with Crippen LogP contribution in [0.4, 0.5) is 5.69 Å². The van der Waals surface area contributed by atoms with Gasteiger partial charge in [-0.15, -0.1) is 0 Å². The van der Waals surface area contributed by atoms with E-state index in [0.717, 1.165) is 0 Å². The van der Waals surface area contributed by atoms with E-state index >= 15 is 0 Å². The lowest BCUT2D eigenvalue weighted by molar-refractivity contribution is 0.0691. The minimum Gasteiger partial charge on any atom is -0.477 e. The number of carboxylic acid groups (broad SMARTS) is 1. The fourth-order valence-electron chi connectivity index (χ4n) is 0.718. The van der Waals surface area contributed by atoms with Crippen LogP contribution in [0.15, 0.2) is 21.9 Å². The monoisotopic (exact) mass is 242 g/mol. The zero-order valence-electron chi connectivity index (χ0n) is 6.18. The molecule has 0 amide bonds. The van der Waals surface area contributed by atoms with Crippen LogP contribution in [-0.2, 0) is 0 Å². The molecule has 0 aliphatic carbocycles. The third kappa shape index (κ3) is 2.17. The second kappa shape index (κ2) is 3.88. The summed E-state index contributed by atoms with van der Waals surface area (Å²) in [6, 6.07) is 1.39. The maximum absolute atomic E-state index is 10.5. The SMILES string of the molecule is [N-]=[N+]=Nc1cc(Br)cnc1C(=O)O. The van der Waals surface area contributed by atoms with E-state index in [-0.39, 0.29) is 11.4 Å². The van der Waals surface area contributed by atoms with Crippen LogP contribution in [-0.4, -0.2) is 16.1 Å². The molecule has 1 N–H and O–H groups in total. The van der Waals surface area contributed by atoms with E-state index in [1.54, 1.807) is 0 Å². The summed E-state index contributed by atoms with van der Waals surface area (Å²) in [7, 11) is 0. The van der Waals surface area contributed by atoms with Gasteiger partial charge in [0.1, 0.15) is 0 Å². The summed E-state index contributed by atoms with van der Waals surface area (Å²) in [4.78, 5) is 16.6. The summed E-state index contributed by atoms with van der Waals surface area (Å²) in [5, 5.41) is 11.8. The van der Waals surface area contributed by atoms with Crippen LogP contribution in [0.3, 0.4) is 0 Å². The normalized spacial score (nSPS) is 9.00. The number of carboxylic acids is 1. The first kappa shape index (κ1) is 9.50. The first-order chi connectivity index (χ1) is 6.15. The molecule has 0 saturated heterocycles. The number of nitrogens with zero attached hydrogens (tertiary/aromatic N) is 4. The van der Waals surface area contributed by atoms with Crippen molar-refractivity contribution in [1.82, 2.24) is 4.98 Å². The van der Waals surface area contributed by atoms with Gasteiger partial charge in [-0.3, -0.25) is 0 Å². The van der Waals surface area contributed by atoms with Crippen molar-refractivity contribution in [3.05, 3.63) is 32.9 Å². The fourth-order valence-corrected chi connectivity index (χ4v) is 1.04. The van der Waals surface area contributed by atoms with Gasteiger partial charge >= 0.3 is 5.97 Å². The molecule has 6 nitrogen and oxygen atoms in total. The predicted octanol–water partition coefficient (Wildman–Crippen LogP) is 2.48. The smallest absolute Gasteiger partial charge is 0.354 e. The van der Waals surface area contributed by atoms with E-state index < -0.39 is 5.97 Å². The topological polar surface area (TPSA) is 99.0 Å². The van der Waals surface area contributed by atoms with Crippen LogP contribution in [0.2, 0.25) is 0 Å². The highest BCUT2D eigenvalue weighted by atomic mass is 79.9. The molecule has 7 heteroatoms. The molecular weight excluding hydrogens is 240 g/mol. The Bertz CT molecular complexity index is 400. The van der Waals surface area contributed by atoms with Gasteiger partial charge in [0.2, 0.25) is 0 Å². The number of halogens is 1. The Labute approximate surface area is 81.0 Å². The molecule has 0 aliphatic heterocycles. The molecule has 0 aromatic carbocycles. The molecule has 0 atom stereocenters. The molecule has 0 radical (unpaired) electrons. The molecule has 66 valence electrons. The number of hydrogen-bond acceptors (Lipinski definition) is 3. The highest BCUT2D eigenvalue weighted by Crippen LogP contribution is 2.21. The van der Waals surface area contributed by atoms with Crippen molar-refractivity contribution in [2.24, 2.45) is 5.11 Å². The van der Waals surface area contributed by atoms with Crippen molar-refractivity contribution < 1.29 is 9.90 Å². The minimum atomic E-state index is -1.23. The molecule has 0 aliphatic rings. The van der Waals surface area contributed by atoms with Gasteiger partial charge in [-0.05, 0) is 27.5 Å². The van der Waals surface area contributed by atoms with Crippen molar-refractivity contribution in [3.63, 3.8) is 0 Å². The van der Waals surface area contributed by atoms with E-state index in [1.165, 1.54) is 12.3 Å². The largest absolute Gasteiger partial charge is 0.477 e. The third-order valence-corrected chi connectivity index (χ3v) is 1.62. The molecule has 1 aromatic heterocycles. The lowest BCUT2D eigenvalue weighted by Gasteiger charge is -1.97. The van der Waals surface area contributed by atoms with Gasteiger partial charge in [0.05, 0.1) is 5.69 Å². The Morgan fingerprint density at radius 2 is 2.46 bits per heavy atom. The van der Waals surface area contributed by atoms with Crippen LogP contribution in [0, 0.1) is 0 Å². The van der Waals surface area contributed by atoms with Crippen LogP contribution in [0.5, 0.6) is 0 Å². The van der Waals surface area contributed by atoms with Crippen LogP contribution in [0.25, 0.3) is 10.4 Å². The molecule has 1 rings (SSSR count). The summed E-state index contributed by atoms with van der Waals surface area (Å²) in [5.74, 6) is -1.23. The van der Waals surface area contributed by atoms with E-state index in [9.17, 15) is 4.79 Å². The Morgan fingerprint density at radius 3 is 3.00 bits per heavy atom. The number of carbonyl (C=O) groups is 1. The zero-order valence-corrected chi connectivity index (χ0v) is 7.76. The number of rotatable bonds is 2. The maximum Gasteiger partial charge on any atom is 0.354 e. The number of pyridine rings is 1. The fraction of sp³-hybridized carbons (Fsp3) is 0. The van der Waals surface area contributed by atoms with Crippen LogP contribution >= 0.6 is 15.9 Å². The minimum absolute atomic E-state index is 0.00984. The summed E-state index contributed by atoms with van der Waals surface area (Å²) in [6.45, 7) is 0. The van der Waals surface area contributed by atoms with Gasteiger partial charge in [-0.2, -0.15) is 0 Å². The van der Waals surface area contributed by atoms with E-state index in [2.05, 4.69) is 30.9 Å². The van der Waals surface area contributed by atoms with E-state index in [1.807, 2.05) is 0 Å². The summed E-state index contributed by atoms with van der Waals surface area (Å²) >= 11 is 3.08. The average Bonchev–Trinajstić information content (AvgIpc) is 2.04. The summed E-state index contributed by atoms with van der Waals surface area (Å²) < 4.78 is 0.555. The van der Waals surface area contributed by atoms with Gasteiger partial charge in [-0.25, -0.2) is 9.78 Å². The number of hydrogen-bond donors (Lipinski definition) is 1. The standard InChI is InChI=1S/C6H3BrN4O2/c7-3-1-4(10-11-8)5(6(12)13)9-2-3/h1-2H,(H,12,13). The number of aromatic nitrogens is 1. The van der Waals surface area contributed by atoms with Crippen molar-refractivity contribution in [3.8, 4) is 0 Å². The molecule has 1 heterocycles. The molecule has 0 saturated carbocycles. The number of azide groups is 1. The first-order valence-corrected chi connectivity index (χ1v) is 3.88. The second-order valence-corrected chi connectivity index (χ2v) is 2.93. The van der Waals surface area contributed by atoms with Gasteiger partial charge in [0.25, 0.3) is 0 Å². The highest BCUT2D eigenvalue weighted by Gasteiger charge is 2.10. The summed E-state index contributed by atoms with van der Waals surface area (Å²) in [6.07, 6.45) is 1.32. The molecule has 0 bridgehead atoms.